The zero-order valence-corrected chi connectivity index (χ0v) is 12.0. The van der Waals surface area contributed by atoms with Gasteiger partial charge in [0.2, 0.25) is 4.96 Å². The Morgan fingerprint density at radius 3 is 3.05 bits per heavy atom. The van der Waals surface area contributed by atoms with Crippen molar-refractivity contribution in [1.29, 1.82) is 0 Å². The van der Waals surface area contributed by atoms with E-state index in [0.29, 0.717) is 10.7 Å². The highest BCUT2D eigenvalue weighted by atomic mass is 32.2. The van der Waals surface area contributed by atoms with Crippen LogP contribution in [-0.2, 0) is 5.75 Å². The fourth-order valence-corrected chi connectivity index (χ4v) is 3.57. The molecule has 0 fully saturated rings. The summed E-state index contributed by atoms with van der Waals surface area (Å²) in [5.41, 5.74) is 0.591. The highest BCUT2D eigenvalue weighted by Gasteiger charge is 2.09. The molecule has 5 nitrogen and oxygen atoms in total. The van der Waals surface area contributed by atoms with Crippen molar-refractivity contribution in [3.63, 3.8) is 0 Å². The molecule has 0 amide bonds. The summed E-state index contributed by atoms with van der Waals surface area (Å²) in [6, 6.07) is 3.42. The van der Waals surface area contributed by atoms with Gasteiger partial charge < -0.3 is 4.42 Å². The highest BCUT2D eigenvalue weighted by Crippen LogP contribution is 2.27. The molecule has 0 saturated carbocycles. The maximum Gasteiger partial charge on any atom is 0.275 e. The summed E-state index contributed by atoms with van der Waals surface area (Å²) in [5, 5.41) is 5.17. The van der Waals surface area contributed by atoms with Crippen LogP contribution in [0.4, 0.5) is 0 Å². The quantitative estimate of drug-likeness (QED) is 0.695. The third kappa shape index (κ3) is 2.43. The first-order chi connectivity index (χ1) is 9.13. The number of aromatic nitrogens is 3. The molecule has 0 atom stereocenters. The number of rotatable bonds is 3. The third-order valence-corrected chi connectivity index (χ3v) is 4.82. The molecule has 0 N–H and O–H groups in total. The Bertz CT molecular complexity index is 788. The Hall–Kier alpha value is -1.60. The van der Waals surface area contributed by atoms with Gasteiger partial charge in [-0.25, -0.2) is 4.98 Å². The van der Waals surface area contributed by atoms with Crippen molar-refractivity contribution in [2.75, 3.05) is 0 Å². The van der Waals surface area contributed by atoms with E-state index in [2.05, 4.69) is 10.1 Å². The molecule has 0 radical (unpaired) electrons. The smallest absolute Gasteiger partial charge is 0.275 e. The van der Waals surface area contributed by atoms with Crippen LogP contribution in [-0.4, -0.2) is 14.6 Å². The molecule has 0 saturated heterocycles. The average Bonchev–Trinajstić information content (AvgIpc) is 2.92. The summed E-state index contributed by atoms with van der Waals surface area (Å²) in [5.74, 6) is 1.60. The second-order valence-electron chi connectivity index (χ2n) is 4.06. The van der Waals surface area contributed by atoms with E-state index in [1.165, 1.54) is 21.9 Å². The van der Waals surface area contributed by atoms with Crippen molar-refractivity contribution in [3.05, 3.63) is 45.2 Å². The van der Waals surface area contributed by atoms with Gasteiger partial charge in [-0.1, -0.05) is 11.3 Å². The van der Waals surface area contributed by atoms with E-state index < -0.39 is 0 Å². The van der Waals surface area contributed by atoms with Crippen LogP contribution in [0.25, 0.3) is 4.96 Å². The Labute approximate surface area is 117 Å². The minimum absolute atomic E-state index is 0.130. The fourth-order valence-electron chi connectivity index (χ4n) is 1.68. The van der Waals surface area contributed by atoms with Crippen molar-refractivity contribution in [2.45, 2.75) is 24.5 Å². The van der Waals surface area contributed by atoms with Gasteiger partial charge in [0.15, 0.2) is 0 Å². The summed E-state index contributed by atoms with van der Waals surface area (Å²) in [7, 11) is 0. The molecule has 98 valence electrons. The Morgan fingerprint density at radius 1 is 1.47 bits per heavy atom. The van der Waals surface area contributed by atoms with Crippen LogP contribution >= 0.6 is 23.1 Å². The van der Waals surface area contributed by atoms with Gasteiger partial charge in [-0.3, -0.25) is 4.79 Å². The molecule has 7 heteroatoms. The first-order valence-electron chi connectivity index (χ1n) is 5.67. The first-order valence-corrected chi connectivity index (χ1v) is 7.47. The van der Waals surface area contributed by atoms with Gasteiger partial charge in [0.1, 0.15) is 10.8 Å². The molecule has 0 unspecified atom stereocenters. The average molecular weight is 293 g/mol. The number of aryl methyl sites for hydroxylation is 2. The van der Waals surface area contributed by atoms with Gasteiger partial charge >= 0.3 is 0 Å². The third-order valence-electron chi connectivity index (χ3n) is 2.58. The van der Waals surface area contributed by atoms with Crippen LogP contribution in [0.1, 0.15) is 16.5 Å². The molecule has 0 bridgehead atoms. The SMILES string of the molecule is Cc1cc(=O)n2nc(CSc3ccoc3C)sc2n1. The second kappa shape index (κ2) is 4.82. The van der Waals surface area contributed by atoms with Crippen LogP contribution in [0, 0.1) is 13.8 Å². The van der Waals surface area contributed by atoms with Gasteiger partial charge in [0.25, 0.3) is 5.56 Å². The lowest BCUT2D eigenvalue weighted by Gasteiger charge is -1.94. The molecule has 0 spiro atoms. The number of thioether (sulfide) groups is 1. The Kier molecular flexibility index (Phi) is 3.16. The van der Waals surface area contributed by atoms with E-state index in [0.717, 1.165) is 21.4 Å². The monoisotopic (exact) mass is 293 g/mol. The van der Waals surface area contributed by atoms with Gasteiger partial charge in [0.05, 0.1) is 12.0 Å². The van der Waals surface area contributed by atoms with Crippen molar-refractivity contribution in [1.82, 2.24) is 14.6 Å². The van der Waals surface area contributed by atoms with Crippen LogP contribution in [0.15, 0.2) is 32.5 Å². The lowest BCUT2D eigenvalue weighted by atomic mass is 10.5. The van der Waals surface area contributed by atoms with E-state index in [4.69, 9.17) is 4.42 Å². The molecule has 0 aromatic carbocycles. The topological polar surface area (TPSA) is 60.4 Å². The van der Waals surface area contributed by atoms with Crippen molar-refractivity contribution < 1.29 is 4.42 Å². The molecule has 0 aliphatic carbocycles. The van der Waals surface area contributed by atoms with E-state index in [9.17, 15) is 4.79 Å². The maximum absolute atomic E-state index is 11.7. The normalized spacial score (nSPS) is 11.3. The van der Waals surface area contributed by atoms with Gasteiger partial charge in [0, 0.05) is 16.7 Å². The summed E-state index contributed by atoms with van der Waals surface area (Å²) in [6.07, 6.45) is 1.67. The zero-order chi connectivity index (χ0) is 13.4. The molecule has 0 aliphatic rings. The van der Waals surface area contributed by atoms with Crippen LogP contribution in [0.3, 0.4) is 0 Å². The Morgan fingerprint density at radius 2 is 2.32 bits per heavy atom. The lowest BCUT2D eigenvalue weighted by molar-refractivity contribution is 0.527. The number of fused-ring (bicyclic) bond motifs is 1. The molecular weight excluding hydrogens is 282 g/mol. The van der Waals surface area contributed by atoms with Crippen molar-refractivity contribution in [2.24, 2.45) is 0 Å². The minimum Gasteiger partial charge on any atom is -0.468 e. The van der Waals surface area contributed by atoms with Crippen molar-refractivity contribution >= 4 is 28.1 Å². The molecule has 3 aromatic heterocycles. The van der Waals surface area contributed by atoms with Crippen LogP contribution in [0.5, 0.6) is 0 Å². The van der Waals surface area contributed by atoms with E-state index in [1.807, 2.05) is 19.9 Å². The van der Waals surface area contributed by atoms with E-state index >= 15 is 0 Å². The van der Waals surface area contributed by atoms with Gasteiger partial charge in [-0.2, -0.15) is 9.61 Å². The van der Waals surface area contributed by atoms with E-state index in [1.54, 1.807) is 18.0 Å². The standard InChI is InChI=1S/C12H11N3O2S2/c1-7-5-11(16)15-12(13-7)19-10(14-15)6-18-9-3-4-17-8(9)2/h3-5H,6H2,1-2H3. The predicted molar refractivity (Wildman–Crippen MR) is 74.9 cm³/mol. The molecule has 0 aliphatic heterocycles. The highest BCUT2D eigenvalue weighted by molar-refractivity contribution is 7.98. The lowest BCUT2D eigenvalue weighted by Crippen LogP contribution is -2.14. The first kappa shape index (κ1) is 12.4. The number of nitrogens with zero attached hydrogens (tertiary/aromatic N) is 3. The summed E-state index contributed by atoms with van der Waals surface area (Å²) in [6.45, 7) is 3.74. The summed E-state index contributed by atoms with van der Waals surface area (Å²) in [4.78, 5) is 17.8. The van der Waals surface area contributed by atoms with Gasteiger partial charge in [-0.15, -0.1) is 11.8 Å². The molecule has 19 heavy (non-hydrogen) atoms. The van der Waals surface area contributed by atoms with Crippen molar-refractivity contribution in [3.8, 4) is 0 Å². The Balaban J connectivity index is 1.88. The molecule has 3 rings (SSSR count). The maximum atomic E-state index is 11.7. The zero-order valence-electron chi connectivity index (χ0n) is 10.4. The number of hydrogen-bond acceptors (Lipinski definition) is 6. The minimum atomic E-state index is -0.130. The predicted octanol–water partition coefficient (Wildman–Crippen LogP) is 2.65. The summed E-state index contributed by atoms with van der Waals surface area (Å²) < 4.78 is 6.60. The van der Waals surface area contributed by atoms with Gasteiger partial charge in [-0.05, 0) is 19.9 Å². The summed E-state index contributed by atoms with van der Waals surface area (Å²) >= 11 is 3.09. The number of furan rings is 1. The fraction of sp³-hybridized carbons (Fsp3) is 0.250. The molecule has 3 heterocycles. The largest absolute Gasteiger partial charge is 0.468 e. The number of hydrogen-bond donors (Lipinski definition) is 0. The molecular formula is C12H11N3O2S2. The second-order valence-corrected chi connectivity index (χ2v) is 6.11. The van der Waals surface area contributed by atoms with E-state index in [-0.39, 0.29) is 5.56 Å². The van der Waals surface area contributed by atoms with Crippen LogP contribution < -0.4 is 5.56 Å². The molecule has 3 aromatic rings. The van der Waals surface area contributed by atoms with Crippen LogP contribution in [0.2, 0.25) is 0 Å².